The van der Waals surface area contributed by atoms with Gasteiger partial charge in [-0.3, -0.25) is 0 Å². The van der Waals surface area contributed by atoms with Crippen LogP contribution in [-0.4, -0.2) is 19.7 Å². The number of carbonyl (C=O) groups is 1. The molecule has 3 nitrogen and oxygen atoms in total. The number of hydrogen-bond acceptors (Lipinski definition) is 3. The molecular weight excluding hydrogens is 261 g/mol. The Labute approximate surface area is 109 Å². The summed E-state index contributed by atoms with van der Waals surface area (Å²) in [5.74, 6) is -1.00. The third-order valence-electron chi connectivity index (χ3n) is 2.28. The fourth-order valence-electron chi connectivity index (χ4n) is 1.38. The van der Waals surface area contributed by atoms with Crippen LogP contribution in [0, 0.1) is 5.92 Å². The Bertz CT molecular complexity index is 453. The third kappa shape index (κ3) is 4.15. The molecular formula is C13H15F3O3. The molecule has 0 fully saturated rings. The monoisotopic (exact) mass is 276 g/mol. The SMILES string of the molecule is COC(=O)c1ccc(OCC(C)C)c(C(F)(F)F)c1. The maximum atomic E-state index is 12.9. The molecule has 0 aromatic heterocycles. The molecule has 0 atom stereocenters. The van der Waals surface area contributed by atoms with Crippen molar-refractivity contribution in [3.05, 3.63) is 29.3 Å². The van der Waals surface area contributed by atoms with E-state index in [-0.39, 0.29) is 23.8 Å². The molecule has 0 aliphatic heterocycles. The Kier molecular flexibility index (Phi) is 4.80. The minimum atomic E-state index is -4.59. The zero-order chi connectivity index (χ0) is 14.6. The first-order valence-electron chi connectivity index (χ1n) is 5.68. The van der Waals surface area contributed by atoms with E-state index in [0.29, 0.717) is 0 Å². The van der Waals surface area contributed by atoms with E-state index >= 15 is 0 Å². The summed E-state index contributed by atoms with van der Waals surface area (Å²) < 4.78 is 48.2. The number of methoxy groups -OCH3 is 1. The minimum absolute atomic E-state index is 0.0985. The van der Waals surface area contributed by atoms with Gasteiger partial charge in [0.15, 0.2) is 0 Å². The lowest BCUT2D eigenvalue weighted by atomic mass is 10.1. The van der Waals surface area contributed by atoms with Gasteiger partial charge in [0.25, 0.3) is 0 Å². The fraction of sp³-hybridized carbons (Fsp3) is 0.462. The van der Waals surface area contributed by atoms with Crippen LogP contribution in [-0.2, 0) is 10.9 Å². The highest BCUT2D eigenvalue weighted by Gasteiger charge is 2.35. The molecule has 0 radical (unpaired) electrons. The Hall–Kier alpha value is -1.72. The smallest absolute Gasteiger partial charge is 0.419 e. The largest absolute Gasteiger partial charge is 0.493 e. The summed E-state index contributed by atoms with van der Waals surface area (Å²) in [4.78, 5) is 11.2. The molecule has 0 unspecified atom stereocenters. The number of halogens is 3. The van der Waals surface area contributed by atoms with Crippen molar-refractivity contribution >= 4 is 5.97 Å². The molecule has 0 heterocycles. The summed E-state index contributed by atoms with van der Waals surface area (Å²) >= 11 is 0. The number of carbonyl (C=O) groups excluding carboxylic acids is 1. The molecule has 0 spiro atoms. The lowest BCUT2D eigenvalue weighted by Gasteiger charge is -2.16. The predicted octanol–water partition coefficient (Wildman–Crippen LogP) is 3.53. The second-order valence-electron chi connectivity index (χ2n) is 4.41. The Morgan fingerprint density at radius 3 is 2.42 bits per heavy atom. The van der Waals surface area contributed by atoms with Crippen LogP contribution in [0.1, 0.15) is 29.8 Å². The lowest BCUT2D eigenvalue weighted by Crippen LogP contribution is -2.13. The highest BCUT2D eigenvalue weighted by Crippen LogP contribution is 2.37. The van der Waals surface area contributed by atoms with Crippen LogP contribution < -0.4 is 4.74 Å². The molecule has 0 saturated carbocycles. The van der Waals surface area contributed by atoms with Gasteiger partial charge in [-0.25, -0.2) is 4.79 Å². The van der Waals surface area contributed by atoms with Gasteiger partial charge in [0.2, 0.25) is 0 Å². The summed E-state index contributed by atoms with van der Waals surface area (Å²) in [7, 11) is 1.11. The van der Waals surface area contributed by atoms with Crippen LogP contribution in [0.15, 0.2) is 18.2 Å². The Morgan fingerprint density at radius 1 is 1.32 bits per heavy atom. The van der Waals surface area contributed by atoms with Gasteiger partial charge in [-0.1, -0.05) is 13.8 Å². The topological polar surface area (TPSA) is 35.5 Å². The van der Waals surface area contributed by atoms with E-state index in [0.717, 1.165) is 19.2 Å². The van der Waals surface area contributed by atoms with Crippen LogP contribution >= 0.6 is 0 Å². The summed E-state index contributed by atoms with van der Waals surface area (Å²) in [6, 6.07) is 3.12. The first-order valence-corrected chi connectivity index (χ1v) is 5.68. The van der Waals surface area contributed by atoms with E-state index in [9.17, 15) is 18.0 Å². The van der Waals surface area contributed by atoms with Gasteiger partial charge >= 0.3 is 12.1 Å². The number of benzene rings is 1. The van der Waals surface area contributed by atoms with Crippen molar-refractivity contribution in [1.82, 2.24) is 0 Å². The first-order chi connectivity index (χ1) is 8.75. The van der Waals surface area contributed by atoms with Crippen molar-refractivity contribution in [3.8, 4) is 5.75 Å². The molecule has 0 saturated heterocycles. The van der Waals surface area contributed by atoms with Crippen LogP contribution in [0.2, 0.25) is 0 Å². The van der Waals surface area contributed by atoms with Gasteiger partial charge in [-0.15, -0.1) is 0 Å². The van der Waals surface area contributed by atoms with Crippen LogP contribution in [0.5, 0.6) is 5.75 Å². The van der Waals surface area contributed by atoms with Crippen LogP contribution in [0.3, 0.4) is 0 Å². The molecule has 1 rings (SSSR count). The van der Waals surface area contributed by atoms with Crippen molar-refractivity contribution in [2.75, 3.05) is 13.7 Å². The second kappa shape index (κ2) is 5.95. The maximum absolute atomic E-state index is 12.9. The van der Waals surface area contributed by atoms with Gasteiger partial charge in [0, 0.05) is 0 Å². The molecule has 19 heavy (non-hydrogen) atoms. The van der Waals surface area contributed by atoms with E-state index in [1.165, 1.54) is 6.07 Å². The van der Waals surface area contributed by atoms with E-state index in [2.05, 4.69) is 4.74 Å². The van der Waals surface area contributed by atoms with Crippen molar-refractivity contribution in [3.63, 3.8) is 0 Å². The van der Waals surface area contributed by atoms with E-state index in [1.54, 1.807) is 0 Å². The zero-order valence-corrected chi connectivity index (χ0v) is 10.9. The average molecular weight is 276 g/mol. The van der Waals surface area contributed by atoms with Crippen molar-refractivity contribution in [1.29, 1.82) is 0 Å². The van der Waals surface area contributed by atoms with Gasteiger partial charge < -0.3 is 9.47 Å². The summed E-state index contributed by atoms with van der Waals surface area (Å²) in [5.41, 5.74) is -1.14. The van der Waals surface area contributed by atoms with E-state index in [1.807, 2.05) is 13.8 Å². The number of rotatable bonds is 4. The normalized spacial score (nSPS) is 11.5. The number of esters is 1. The Morgan fingerprint density at radius 2 is 1.95 bits per heavy atom. The quantitative estimate of drug-likeness (QED) is 0.789. The minimum Gasteiger partial charge on any atom is -0.493 e. The van der Waals surface area contributed by atoms with Gasteiger partial charge in [-0.2, -0.15) is 13.2 Å². The number of alkyl halides is 3. The van der Waals surface area contributed by atoms with Crippen LogP contribution in [0.4, 0.5) is 13.2 Å². The third-order valence-corrected chi connectivity index (χ3v) is 2.28. The van der Waals surface area contributed by atoms with Gasteiger partial charge in [0.05, 0.1) is 24.8 Å². The van der Waals surface area contributed by atoms with E-state index < -0.39 is 17.7 Å². The van der Waals surface area contributed by atoms with Crippen molar-refractivity contribution in [2.45, 2.75) is 20.0 Å². The molecule has 1 aromatic rings. The lowest BCUT2D eigenvalue weighted by molar-refractivity contribution is -0.139. The summed E-state index contributed by atoms with van der Waals surface area (Å²) in [6.07, 6.45) is -4.59. The summed E-state index contributed by atoms with van der Waals surface area (Å²) in [6.45, 7) is 3.83. The first kappa shape index (κ1) is 15.3. The molecule has 0 aliphatic rings. The number of hydrogen-bond donors (Lipinski definition) is 0. The van der Waals surface area contributed by atoms with E-state index in [4.69, 9.17) is 4.74 Å². The molecule has 106 valence electrons. The Balaban J connectivity index is 3.14. The summed E-state index contributed by atoms with van der Waals surface area (Å²) in [5, 5.41) is 0. The zero-order valence-electron chi connectivity index (χ0n) is 10.9. The standard InChI is InChI=1S/C13H15F3O3/c1-8(2)7-19-11-5-4-9(12(17)18-3)6-10(11)13(14,15)16/h4-6,8H,7H2,1-3H3. The van der Waals surface area contributed by atoms with Crippen molar-refractivity contribution in [2.24, 2.45) is 5.92 Å². The van der Waals surface area contributed by atoms with Gasteiger partial charge in [0.1, 0.15) is 5.75 Å². The highest BCUT2D eigenvalue weighted by molar-refractivity contribution is 5.89. The molecule has 1 aromatic carbocycles. The predicted molar refractivity (Wildman–Crippen MR) is 63.1 cm³/mol. The molecule has 0 N–H and O–H groups in total. The fourth-order valence-corrected chi connectivity index (χ4v) is 1.38. The maximum Gasteiger partial charge on any atom is 0.419 e. The van der Waals surface area contributed by atoms with Gasteiger partial charge in [-0.05, 0) is 24.1 Å². The molecule has 0 aliphatic carbocycles. The second-order valence-corrected chi connectivity index (χ2v) is 4.41. The molecule has 0 amide bonds. The molecule has 6 heteroatoms. The average Bonchev–Trinajstić information content (AvgIpc) is 2.34. The highest BCUT2D eigenvalue weighted by atomic mass is 19.4. The van der Waals surface area contributed by atoms with Crippen molar-refractivity contribution < 1.29 is 27.4 Å². The number of ether oxygens (including phenoxy) is 2. The van der Waals surface area contributed by atoms with Crippen LogP contribution in [0.25, 0.3) is 0 Å². The molecule has 0 bridgehead atoms.